The fourth-order valence-electron chi connectivity index (χ4n) is 2.02. The molecule has 1 aromatic carbocycles. The third kappa shape index (κ3) is 4.06. The molecule has 0 atom stereocenters. The second kappa shape index (κ2) is 6.07. The van der Waals surface area contributed by atoms with Gasteiger partial charge in [0.05, 0.1) is 6.42 Å². The molecular weight excluding hydrogens is 232 g/mol. The Kier molecular flexibility index (Phi) is 4.45. The number of amides is 1. The Morgan fingerprint density at radius 1 is 1.18 bits per heavy atom. The molecule has 0 aliphatic carbocycles. The van der Waals surface area contributed by atoms with E-state index in [-0.39, 0.29) is 5.91 Å². The molecule has 1 N–H and O–H groups in total. The van der Waals surface area contributed by atoms with E-state index in [1.54, 1.807) is 0 Å². The Balaban J connectivity index is 1.82. The third-order valence-electron chi connectivity index (χ3n) is 2.94. The average molecular weight is 250 g/mol. The zero-order valence-electron chi connectivity index (χ0n) is 9.85. The summed E-state index contributed by atoms with van der Waals surface area (Å²) in [6.07, 6.45) is 4.06. The zero-order chi connectivity index (χ0) is 12.1. The van der Waals surface area contributed by atoms with Crippen LogP contribution in [0.4, 0.5) is 0 Å². The van der Waals surface area contributed by atoms with Crippen LogP contribution >= 0.6 is 12.6 Å². The van der Waals surface area contributed by atoms with Crippen LogP contribution in [0, 0.1) is 0 Å². The highest BCUT2D eigenvalue weighted by Gasteiger charge is 2.12. The monoisotopic (exact) mass is 250 g/mol. The summed E-state index contributed by atoms with van der Waals surface area (Å²) in [4.78, 5) is 12.7. The van der Waals surface area contributed by atoms with Gasteiger partial charge >= 0.3 is 0 Å². The van der Waals surface area contributed by atoms with Gasteiger partial charge in [0, 0.05) is 18.0 Å². The van der Waals surface area contributed by atoms with Crippen molar-refractivity contribution in [2.24, 2.45) is 0 Å². The molecule has 3 nitrogen and oxygen atoms in total. The predicted molar refractivity (Wildman–Crippen MR) is 71.0 cm³/mol. The highest BCUT2D eigenvalue weighted by molar-refractivity contribution is 7.80. The molecule has 0 spiro atoms. The Morgan fingerprint density at radius 2 is 1.82 bits per heavy atom. The van der Waals surface area contributed by atoms with Gasteiger partial charge in [0.15, 0.2) is 0 Å². The second-order valence-electron chi connectivity index (χ2n) is 4.43. The van der Waals surface area contributed by atoms with Crippen molar-refractivity contribution in [3.8, 4) is 0 Å². The van der Waals surface area contributed by atoms with Crippen molar-refractivity contribution in [2.45, 2.75) is 30.6 Å². The molecule has 1 aliphatic rings. The summed E-state index contributed by atoms with van der Waals surface area (Å²) in [5, 5.41) is 2.03. The SMILES string of the molecule is O=C(Cc1ccc(S)cc1)NN1CCCCC1. The quantitative estimate of drug-likeness (QED) is 0.805. The minimum absolute atomic E-state index is 0.0683. The zero-order valence-corrected chi connectivity index (χ0v) is 10.7. The summed E-state index contributed by atoms with van der Waals surface area (Å²) < 4.78 is 0. The van der Waals surface area contributed by atoms with Crippen LogP contribution in [0.1, 0.15) is 24.8 Å². The van der Waals surface area contributed by atoms with Gasteiger partial charge in [-0.1, -0.05) is 18.6 Å². The molecular formula is C13H18N2OS. The highest BCUT2D eigenvalue weighted by Crippen LogP contribution is 2.09. The predicted octanol–water partition coefficient (Wildman–Crippen LogP) is 2.03. The van der Waals surface area contributed by atoms with E-state index in [1.165, 1.54) is 19.3 Å². The van der Waals surface area contributed by atoms with E-state index in [0.717, 1.165) is 23.5 Å². The lowest BCUT2D eigenvalue weighted by Crippen LogP contribution is -2.45. The number of hydrogen-bond acceptors (Lipinski definition) is 3. The lowest BCUT2D eigenvalue weighted by molar-refractivity contribution is -0.125. The number of nitrogens with zero attached hydrogens (tertiary/aromatic N) is 1. The molecule has 0 saturated carbocycles. The summed E-state index contributed by atoms with van der Waals surface area (Å²) in [6, 6.07) is 7.70. The van der Waals surface area contributed by atoms with Crippen LogP contribution in [0.25, 0.3) is 0 Å². The molecule has 0 radical (unpaired) electrons. The second-order valence-corrected chi connectivity index (χ2v) is 4.94. The Hall–Kier alpha value is -1.00. The molecule has 92 valence electrons. The van der Waals surface area contributed by atoms with Crippen molar-refractivity contribution >= 4 is 18.5 Å². The standard InChI is InChI=1S/C13H18N2OS/c16-13(14-15-8-2-1-3-9-15)10-11-4-6-12(17)7-5-11/h4-7,17H,1-3,8-10H2,(H,14,16). The lowest BCUT2D eigenvalue weighted by Gasteiger charge is -2.26. The van der Waals surface area contributed by atoms with E-state index in [0.29, 0.717) is 6.42 Å². The van der Waals surface area contributed by atoms with E-state index in [4.69, 9.17) is 0 Å². The minimum atomic E-state index is 0.0683. The van der Waals surface area contributed by atoms with Gasteiger partial charge in [-0.25, -0.2) is 5.01 Å². The van der Waals surface area contributed by atoms with Crippen molar-refractivity contribution in [1.82, 2.24) is 10.4 Å². The highest BCUT2D eigenvalue weighted by atomic mass is 32.1. The Morgan fingerprint density at radius 3 is 2.47 bits per heavy atom. The van der Waals surface area contributed by atoms with Crippen LogP contribution in [0.3, 0.4) is 0 Å². The number of piperidine rings is 1. The van der Waals surface area contributed by atoms with Gasteiger partial charge in [-0.3, -0.25) is 10.2 Å². The summed E-state index contributed by atoms with van der Waals surface area (Å²) in [5.74, 6) is 0.0683. The fraction of sp³-hybridized carbons (Fsp3) is 0.462. The van der Waals surface area contributed by atoms with Gasteiger partial charge in [-0.05, 0) is 30.5 Å². The molecule has 4 heteroatoms. The summed E-state index contributed by atoms with van der Waals surface area (Å²) in [5.41, 5.74) is 3.98. The fourth-order valence-corrected chi connectivity index (χ4v) is 2.17. The molecule has 0 unspecified atom stereocenters. The summed E-state index contributed by atoms with van der Waals surface area (Å²) in [7, 11) is 0. The van der Waals surface area contributed by atoms with Crippen molar-refractivity contribution in [2.75, 3.05) is 13.1 Å². The molecule has 2 rings (SSSR count). The number of rotatable bonds is 3. The molecule has 17 heavy (non-hydrogen) atoms. The number of carbonyl (C=O) groups excluding carboxylic acids is 1. The number of thiol groups is 1. The van der Waals surface area contributed by atoms with Crippen LogP contribution in [0.2, 0.25) is 0 Å². The maximum atomic E-state index is 11.8. The van der Waals surface area contributed by atoms with Gasteiger partial charge in [-0.2, -0.15) is 0 Å². The van der Waals surface area contributed by atoms with Crippen LogP contribution in [-0.4, -0.2) is 24.0 Å². The molecule has 1 heterocycles. The number of benzene rings is 1. The largest absolute Gasteiger partial charge is 0.289 e. The Labute approximate surface area is 108 Å². The number of hydrogen-bond donors (Lipinski definition) is 2. The van der Waals surface area contributed by atoms with Gasteiger partial charge in [-0.15, -0.1) is 12.6 Å². The average Bonchev–Trinajstić information content (AvgIpc) is 2.33. The first-order valence-electron chi connectivity index (χ1n) is 6.06. The maximum absolute atomic E-state index is 11.8. The number of hydrazine groups is 1. The van der Waals surface area contributed by atoms with Crippen molar-refractivity contribution in [3.05, 3.63) is 29.8 Å². The van der Waals surface area contributed by atoms with Crippen LogP contribution in [0.15, 0.2) is 29.2 Å². The van der Waals surface area contributed by atoms with Gasteiger partial charge in [0.2, 0.25) is 5.91 Å². The third-order valence-corrected chi connectivity index (χ3v) is 3.24. The van der Waals surface area contributed by atoms with Crippen LogP contribution in [-0.2, 0) is 11.2 Å². The minimum Gasteiger partial charge on any atom is -0.289 e. The summed E-state index contributed by atoms with van der Waals surface area (Å²) >= 11 is 4.22. The van der Waals surface area contributed by atoms with Gasteiger partial charge in [0.25, 0.3) is 0 Å². The molecule has 1 amide bonds. The first-order chi connectivity index (χ1) is 8.24. The summed E-state index contributed by atoms with van der Waals surface area (Å²) in [6.45, 7) is 1.95. The van der Waals surface area contributed by atoms with Crippen LogP contribution in [0.5, 0.6) is 0 Å². The van der Waals surface area contributed by atoms with Crippen molar-refractivity contribution in [1.29, 1.82) is 0 Å². The molecule has 1 saturated heterocycles. The number of nitrogens with one attached hydrogen (secondary N) is 1. The first-order valence-corrected chi connectivity index (χ1v) is 6.51. The topological polar surface area (TPSA) is 32.3 Å². The first kappa shape index (κ1) is 12.5. The molecule has 1 aliphatic heterocycles. The smallest absolute Gasteiger partial charge is 0.238 e. The van der Waals surface area contributed by atoms with E-state index in [9.17, 15) is 4.79 Å². The van der Waals surface area contributed by atoms with E-state index < -0.39 is 0 Å². The van der Waals surface area contributed by atoms with Gasteiger partial charge in [0.1, 0.15) is 0 Å². The van der Waals surface area contributed by atoms with E-state index >= 15 is 0 Å². The molecule has 1 aromatic rings. The van der Waals surface area contributed by atoms with Crippen molar-refractivity contribution < 1.29 is 4.79 Å². The normalized spacial score (nSPS) is 16.8. The Bertz CT molecular complexity index is 372. The van der Waals surface area contributed by atoms with Crippen LogP contribution < -0.4 is 5.43 Å². The van der Waals surface area contributed by atoms with E-state index in [1.807, 2.05) is 29.3 Å². The maximum Gasteiger partial charge on any atom is 0.238 e. The van der Waals surface area contributed by atoms with Crippen molar-refractivity contribution in [3.63, 3.8) is 0 Å². The molecule has 0 aromatic heterocycles. The molecule has 0 bridgehead atoms. The van der Waals surface area contributed by atoms with Gasteiger partial charge < -0.3 is 0 Å². The number of carbonyl (C=O) groups is 1. The van der Waals surface area contributed by atoms with E-state index in [2.05, 4.69) is 18.1 Å². The lowest BCUT2D eigenvalue weighted by atomic mass is 10.1. The molecule has 1 fully saturated rings.